The van der Waals surface area contributed by atoms with Gasteiger partial charge in [0.25, 0.3) is 0 Å². The largest absolute Gasteiger partial charge is 0.241 e. The lowest BCUT2D eigenvalue weighted by molar-refractivity contribution is 0.496. The van der Waals surface area contributed by atoms with Crippen molar-refractivity contribution in [3.63, 3.8) is 0 Å². The maximum atomic E-state index is 4.53. The minimum Gasteiger partial charge on any atom is -0.241 e. The number of hydrogen-bond donors (Lipinski definition) is 0. The first-order valence-electron chi connectivity index (χ1n) is 8.99. The average molecular weight is 338 g/mol. The highest BCUT2D eigenvalue weighted by Gasteiger charge is 2.23. The fourth-order valence-corrected chi connectivity index (χ4v) is 4.39. The molecule has 2 heteroatoms. The fraction of sp³-hybridized carbons (Fsp3) is 0.409. The van der Waals surface area contributed by atoms with Crippen LogP contribution in [0.1, 0.15) is 62.1 Å². The molecular weight excluding hydrogens is 310 g/mol. The van der Waals surface area contributed by atoms with E-state index in [1.54, 1.807) is 22.5 Å². The van der Waals surface area contributed by atoms with Gasteiger partial charge in [-0.25, -0.2) is 4.98 Å². The molecule has 1 aliphatic carbocycles. The molecule has 0 bridgehead atoms. The summed E-state index contributed by atoms with van der Waals surface area (Å²) in [5, 5.41) is 1.23. The second-order valence-electron chi connectivity index (χ2n) is 7.26. The zero-order chi connectivity index (χ0) is 17.1. The van der Waals surface area contributed by atoms with Crippen molar-refractivity contribution in [2.75, 3.05) is 0 Å². The first-order chi connectivity index (χ1) is 11.6. The van der Waals surface area contributed by atoms with Gasteiger partial charge in [-0.05, 0) is 47.9 Å². The van der Waals surface area contributed by atoms with Gasteiger partial charge in [-0.3, -0.25) is 0 Å². The van der Waals surface area contributed by atoms with E-state index in [4.69, 9.17) is 0 Å². The summed E-state index contributed by atoms with van der Waals surface area (Å²) in [4.78, 5) is 4.53. The summed E-state index contributed by atoms with van der Waals surface area (Å²) in [5.41, 5.74) is 4.31. The van der Waals surface area contributed by atoms with Gasteiger partial charge in [0, 0.05) is 5.92 Å². The summed E-state index contributed by atoms with van der Waals surface area (Å²) >= 11 is 1.79. The van der Waals surface area contributed by atoms with Gasteiger partial charge in [0.05, 0.1) is 15.2 Å². The third-order valence-electron chi connectivity index (χ3n) is 4.79. The van der Waals surface area contributed by atoms with E-state index in [0.717, 1.165) is 17.4 Å². The van der Waals surface area contributed by atoms with E-state index in [0.29, 0.717) is 5.92 Å². The van der Waals surface area contributed by atoms with Gasteiger partial charge < -0.3 is 0 Å². The molecule has 0 fully saturated rings. The monoisotopic (exact) mass is 337 g/mol. The van der Waals surface area contributed by atoms with Gasteiger partial charge in [-0.15, -0.1) is 11.3 Å². The predicted molar refractivity (Wildman–Crippen MR) is 106 cm³/mol. The van der Waals surface area contributed by atoms with Crippen molar-refractivity contribution < 1.29 is 0 Å². The Hall–Kier alpha value is -1.67. The number of aromatic nitrogens is 1. The van der Waals surface area contributed by atoms with E-state index in [1.165, 1.54) is 22.5 Å². The second kappa shape index (κ2) is 7.48. The van der Waals surface area contributed by atoms with Crippen LogP contribution < -0.4 is 0 Å². The van der Waals surface area contributed by atoms with Crippen molar-refractivity contribution in [2.24, 2.45) is 5.92 Å². The van der Waals surface area contributed by atoms with E-state index in [9.17, 15) is 0 Å². The molecule has 0 amide bonds. The maximum Gasteiger partial charge on any atom is 0.0963 e. The Morgan fingerprint density at radius 3 is 2.38 bits per heavy atom. The van der Waals surface area contributed by atoms with E-state index >= 15 is 0 Å². The molecular formula is C22H27NS. The molecule has 1 unspecified atom stereocenters. The van der Waals surface area contributed by atoms with Gasteiger partial charge in [-0.1, -0.05) is 64.1 Å². The highest BCUT2D eigenvalue weighted by atomic mass is 32.1. The highest BCUT2D eigenvalue weighted by molar-refractivity contribution is 7.18. The number of rotatable bonds is 2. The molecule has 1 aliphatic rings. The van der Waals surface area contributed by atoms with Crippen molar-refractivity contribution in [3.05, 3.63) is 64.7 Å². The third kappa shape index (κ3) is 3.70. The van der Waals surface area contributed by atoms with E-state index in [1.807, 2.05) is 6.07 Å². The van der Waals surface area contributed by atoms with Gasteiger partial charge in [0.15, 0.2) is 0 Å². The minimum absolute atomic E-state index is 0.544. The quantitative estimate of drug-likeness (QED) is 0.501. The van der Waals surface area contributed by atoms with Crippen molar-refractivity contribution in [3.8, 4) is 0 Å². The molecule has 0 N–H and O–H groups in total. The molecule has 1 heterocycles. The van der Waals surface area contributed by atoms with Crippen LogP contribution in [0.25, 0.3) is 10.2 Å². The lowest BCUT2D eigenvalue weighted by Gasteiger charge is -2.14. The molecule has 0 spiro atoms. The molecule has 3 aromatic rings. The zero-order valence-corrected chi connectivity index (χ0v) is 15.9. The van der Waals surface area contributed by atoms with E-state index in [2.05, 4.69) is 75.1 Å². The lowest BCUT2D eigenvalue weighted by Crippen LogP contribution is -2.01. The standard InChI is InChI=1S/C12H16.C10H11NS/c1-9(2)11-8-7-10-5-3-4-6-12(10)11;1-7(2)10-11-8-5-3-4-6-9(8)12-10/h3-6,9,11H,7-8H2,1-2H3;3-7H,1-2H3. The molecule has 24 heavy (non-hydrogen) atoms. The van der Waals surface area contributed by atoms with Crippen molar-refractivity contribution >= 4 is 21.6 Å². The molecule has 0 radical (unpaired) electrons. The van der Waals surface area contributed by atoms with Crippen LogP contribution in [0.5, 0.6) is 0 Å². The average Bonchev–Trinajstić information content (AvgIpc) is 3.19. The number of para-hydroxylation sites is 1. The van der Waals surface area contributed by atoms with Gasteiger partial charge >= 0.3 is 0 Å². The molecule has 4 rings (SSSR count). The van der Waals surface area contributed by atoms with Crippen LogP contribution in [0, 0.1) is 5.92 Å². The predicted octanol–water partition coefficient (Wildman–Crippen LogP) is 6.79. The summed E-state index contributed by atoms with van der Waals surface area (Å²) in [6.07, 6.45) is 2.65. The maximum absolute atomic E-state index is 4.53. The molecule has 1 aromatic heterocycles. The number of thiazole rings is 1. The molecule has 1 nitrogen and oxygen atoms in total. The van der Waals surface area contributed by atoms with Crippen LogP contribution in [0.3, 0.4) is 0 Å². The Morgan fingerprint density at radius 2 is 1.67 bits per heavy atom. The second-order valence-corrected chi connectivity index (χ2v) is 8.32. The summed E-state index contributed by atoms with van der Waals surface area (Å²) in [5.74, 6) is 2.16. The number of fused-ring (bicyclic) bond motifs is 2. The van der Waals surface area contributed by atoms with Gasteiger partial charge in [-0.2, -0.15) is 0 Å². The number of nitrogens with zero attached hydrogens (tertiary/aromatic N) is 1. The number of aryl methyl sites for hydroxylation is 1. The van der Waals surface area contributed by atoms with Gasteiger partial charge in [0.2, 0.25) is 0 Å². The van der Waals surface area contributed by atoms with Crippen LogP contribution in [-0.2, 0) is 6.42 Å². The Morgan fingerprint density at radius 1 is 0.958 bits per heavy atom. The first-order valence-corrected chi connectivity index (χ1v) is 9.81. The Bertz CT molecular complexity index is 767. The number of benzene rings is 2. The third-order valence-corrected chi connectivity index (χ3v) is 6.13. The van der Waals surface area contributed by atoms with E-state index in [-0.39, 0.29) is 0 Å². The van der Waals surface area contributed by atoms with Crippen LogP contribution in [0.15, 0.2) is 48.5 Å². The van der Waals surface area contributed by atoms with Crippen LogP contribution in [-0.4, -0.2) is 4.98 Å². The van der Waals surface area contributed by atoms with Crippen molar-refractivity contribution in [2.45, 2.75) is 52.4 Å². The Labute approximate surface area is 149 Å². The van der Waals surface area contributed by atoms with Crippen molar-refractivity contribution in [1.82, 2.24) is 4.98 Å². The Balaban J connectivity index is 0.000000141. The fourth-order valence-electron chi connectivity index (χ4n) is 3.42. The van der Waals surface area contributed by atoms with Crippen molar-refractivity contribution in [1.29, 1.82) is 0 Å². The molecule has 2 aromatic carbocycles. The molecule has 0 aliphatic heterocycles. The summed E-state index contributed by atoms with van der Waals surface area (Å²) in [6.45, 7) is 9.01. The van der Waals surface area contributed by atoms with Crippen LogP contribution in [0.4, 0.5) is 0 Å². The summed E-state index contributed by atoms with van der Waals surface area (Å²) < 4.78 is 1.29. The normalized spacial score (nSPS) is 16.3. The number of hydrogen-bond acceptors (Lipinski definition) is 2. The highest BCUT2D eigenvalue weighted by Crippen LogP contribution is 2.37. The zero-order valence-electron chi connectivity index (χ0n) is 15.1. The molecule has 0 saturated carbocycles. The SMILES string of the molecule is CC(C)C1CCc2ccccc21.CC(C)c1nc2ccccc2s1. The molecule has 1 atom stereocenters. The summed E-state index contributed by atoms with van der Waals surface area (Å²) in [7, 11) is 0. The Kier molecular flexibility index (Phi) is 5.35. The lowest BCUT2D eigenvalue weighted by atomic mass is 9.90. The molecule has 126 valence electrons. The van der Waals surface area contributed by atoms with E-state index < -0.39 is 0 Å². The van der Waals surface area contributed by atoms with Crippen LogP contribution >= 0.6 is 11.3 Å². The smallest absolute Gasteiger partial charge is 0.0963 e. The minimum atomic E-state index is 0.544. The van der Waals surface area contributed by atoms with Gasteiger partial charge in [0.1, 0.15) is 0 Å². The first kappa shape index (κ1) is 17.2. The topological polar surface area (TPSA) is 12.9 Å². The summed E-state index contributed by atoms with van der Waals surface area (Å²) in [6, 6.07) is 17.2. The molecule has 0 saturated heterocycles. The van der Waals surface area contributed by atoms with Crippen LogP contribution in [0.2, 0.25) is 0 Å².